The minimum Gasteiger partial charge on any atom is -0.497 e. The van der Waals surface area contributed by atoms with Gasteiger partial charge in [-0.05, 0) is 43.2 Å². The van der Waals surface area contributed by atoms with Crippen LogP contribution in [0.1, 0.15) is 24.1 Å². The van der Waals surface area contributed by atoms with Crippen LogP contribution in [0.25, 0.3) is 0 Å². The summed E-state index contributed by atoms with van der Waals surface area (Å²) in [5.74, 6) is 1.25. The molecule has 1 amide bonds. The zero-order valence-corrected chi connectivity index (χ0v) is 17.1. The molecule has 2 aromatic carbocycles. The first kappa shape index (κ1) is 19.3. The van der Waals surface area contributed by atoms with Crippen LogP contribution >= 0.6 is 11.6 Å². The first-order valence-corrected chi connectivity index (χ1v) is 9.75. The van der Waals surface area contributed by atoms with Crippen molar-refractivity contribution in [3.8, 4) is 11.5 Å². The summed E-state index contributed by atoms with van der Waals surface area (Å²) in [6.07, 6.45) is 3.38. The van der Waals surface area contributed by atoms with Gasteiger partial charge in [-0.2, -0.15) is 5.10 Å². The SMILES string of the molecule is COc1ccc(C2(C(=O)Nc3cccc(Cl)c3)CC2)c(OCc2ccn(C)n2)c1. The van der Waals surface area contributed by atoms with E-state index < -0.39 is 5.41 Å². The molecule has 0 bridgehead atoms. The van der Waals surface area contributed by atoms with Gasteiger partial charge in [0.25, 0.3) is 0 Å². The van der Waals surface area contributed by atoms with Crippen LogP contribution in [-0.2, 0) is 23.9 Å². The van der Waals surface area contributed by atoms with Gasteiger partial charge in [-0.15, -0.1) is 0 Å². The van der Waals surface area contributed by atoms with Crippen molar-refractivity contribution in [3.05, 3.63) is 71.0 Å². The minimum atomic E-state index is -0.617. The number of rotatable bonds is 7. The minimum absolute atomic E-state index is 0.0624. The van der Waals surface area contributed by atoms with E-state index in [1.807, 2.05) is 49.6 Å². The Morgan fingerprint density at radius 2 is 2.07 bits per heavy atom. The fourth-order valence-corrected chi connectivity index (χ4v) is 3.59. The third kappa shape index (κ3) is 4.07. The Hall–Kier alpha value is -2.99. The number of benzene rings is 2. The molecular formula is C22H22ClN3O3. The number of aryl methyl sites for hydroxylation is 1. The van der Waals surface area contributed by atoms with Crippen molar-refractivity contribution in [1.82, 2.24) is 9.78 Å². The molecule has 3 aromatic rings. The molecule has 6 nitrogen and oxygen atoms in total. The maximum absolute atomic E-state index is 13.1. The van der Waals surface area contributed by atoms with E-state index in [-0.39, 0.29) is 5.91 Å². The molecule has 0 atom stereocenters. The number of aromatic nitrogens is 2. The summed E-state index contributed by atoms with van der Waals surface area (Å²) < 4.78 is 13.1. The lowest BCUT2D eigenvalue weighted by Gasteiger charge is -2.20. The van der Waals surface area contributed by atoms with Gasteiger partial charge in [0.05, 0.1) is 18.2 Å². The highest BCUT2D eigenvalue weighted by Gasteiger charge is 2.53. The van der Waals surface area contributed by atoms with Crippen LogP contribution in [0, 0.1) is 0 Å². The summed E-state index contributed by atoms with van der Waals surface area (Å²) in [7, 11) is 3.47. The predicted molar refractivity (Wildman–Crippen MR) is 112 cm³/mol. The fourth-order valence-electron chi connectivity index (χ4n) is 3.40. The van der Waals surface area contributed by atoms with Crippen molar-refractivity contribution < 1.29 is 14.3 Å². The Morgan fingerprint density at radius 3 is 2.72 bits per heavy atom. The summed E-state index contributed by atoms with van der Waals surface area (Å²) in [5.41, 5.74) is 1.73. The Balaban J connectivity index is 1.59. The molecule has 0 aliphatic heterocycles. The Bertz CT molecular complexity index is 1040. The van der Waals surface area contributed by atoms with E-state index in [4.69, 9.17) is 21.1 Å². The molecule has 150 valence electrons. The van der Waals surface area contributed by atoms with Crippen molar-refractivity contribution in [3.63, 3.8) is 0 Å². The normalized spacial score (nSPS) is 14.3. The van der Waals surface area contributed by atoms with Gasteiger partial charge in [0.2, 0.25) is 5.91 Å². The van der Waals surface area contributed by atoms with Crippen LogP contribution in [0.15, 0.2) is 54.7 Å². The van der Waals surface area contributed by atoms with E-state index in [0.717, 1.165) is 24.1 Å². The van der Waals surface area contributed by atoms with E-state index in [2.05, 4.69) is 10.4 Å². The zero-order chi connectivity index (χ0) is 20.4. The highest BCUT2D eigenvalue weighted by molar-refractivity contribution is 6.30. The first-order chi connectivity index (χ1) is 14.0. The van der Waals surface area contributed by atoms with Gasteiger partial charge in [-0.1, -0.05) is 23.7 Å². The van der Waals surface area contributed by atoms with Crippen LogP contribution in [0.4, 0.5) is 5.69 Å². The molecule has 0 spiro atoms. The van der Waals surface area contributed by atoms with Crippen molar-refractivity contribution in [2.24, 2.45) is 7.05 Å². The Kier molecular flexibility index (Phi) is 5.20. The quantitative estimate of drug-likeness (QED) is 0.628. The van der Waals surface area contributed by atoms with Crippen molar-refractivity contribution in [1.29, 1.82) is 0 Å². The summed E-state index contributed by atoms with van der Waals surface area (Å²) in [4.78, 5) is 13.1. The molecule has 1 saturated carbocycles. The lowest BCUT2D eigenvalue weighted by Crippen LogP contribution is -2.28. The molecule has 1 N–H and O–H groups in total. The van der Waals surface area contributed by atoms with Gasteiger partial charge in [0, 0.05) is 35.6 Å². The average Bonchev–Trinajstić information content (AvgIpc) is 3.42. The number of nitrogens with one attached hydrogen (secondary N) is 1. The van der Waals surface area contributed by atoms with E-state index in [9.17, 15) is 4.79 Å². The Labute approximate surface area is 174 Å². The smallest absolute Gasteiger partial charge is 0.235 e. The lowest BCUT2D eigenvalue weighted by atomic mass is 9.93. The molecule has 1 aliphatic rings. The molecular weight excluding hydrogens is 390 g/mol. The lowest BCUT2D eigenvalue weighted by molar-refractivity contribution is -0.118. The number of ether oxygens (including phenoxy) is 2. The van der Waals surface area contributed by atoms with Crippen LogP contribution in [0.2, 0.25) is 5.02 Å². The van der Waals surface area contributed by atoms with Gasteiger partial charge >= 0.3 is 0 Å². The van der Waals surface area contributed by atoms with Gasteiger partial charge in [-0.3, -0.25) is 9.48 Å². The molecule has 0 saturated heterocycles. The molecule has 0 unspecified atom stereocenters. The summed E-state index contributed by atoms with van der Waals surface area (Å²) in [5, 5.41) is 7.91. The monoisotopic (exact) mass is 411 g/mol. The maximum Gasteiger partial charge on any atom is 0.235 e. The number of hydrogen-bond donors (Lipinski definition) is 1. The fraction of sp³-hybridized carbons (Fsp3) is 0.273. The van der Waals surface area contributed by atoms with Gasteiger partial charge in [0.15, 0.2) is 0 Å². The second-order valence-corrected chi connectivity index (χ2v) is 7.61. The molecule has 4 rings (SSSR count). The molecule has 7 heteroatoms. The van der Waals surface area contributed by atoms with Gasteiger partial charge < -0.3 is 14.8 Å². The van der Waals surface area contributed by atoms with Crippen molar-refractivity contribution in [2.45, 2.75) is 24.9 Å². The number of amides is 1. The molecule has 1 heterocycles. The molecule has 29 heavy (non-hydrogen) atoms. The Morgan fingerprint density at radius 1 is 1.24 bits per heavy atom. The van der Waals surface area contributed by atoms with Gasteiger partial charge in [0.1, 0.15) is 18.1 Å². The largest absolute Gasteiger partial charge is 0.497 e. The highest BCUT2D eigenvalue weighted by atomic mass is 35.5. The van der Waals surface area contributed by atoms with Crippen LogP contribution in [0.3, 0.4) is 0 Å². The van der Waals surface area contributed by atoms with E-state index in [1.54, 1.807) is 23.9 Å². The third-order valence-corrected chi connectivity index (χ3v) is 5.35. The summed E-state index contributed by atoms with van der Waals surface area (Å²) in [6.45, 7) is 0.312. The predicted octanol–water partition coefficient (Wildman–Crippen LogP) is 4.33. The average molecular weight is 412 g/mol. The maximum atomic E-state index is 13.1. The van der Waals surface area contributed by atoms with E-state index >= 15 is 0 Å². The number of hydrogen-bond acceptors (Lipinski definition) is 4. The first-order valence-electron chi connectivity index (χ1n) is 9.37. The number of halogens is 1. The van der Waals surface area contributed by atoms with Crippen LogP contribution in [-0.4, -0.2) is 22.8 Å². The highest BCUT2D eigenvalue weighted by Crippen LogP contribution is 2.52. The van der Waals surface area contributed by atoms with Crippen LogP contribution < -0.4 is 14.8 Å². The number of methoxy groups -OCH3 is 1. The zero-order valence-electron chi connectivity index (χ0n) is 16.3. The van der Waals surface area contributed by atoms with Crippen molar-refractivity contribution >= 4 is 23.2 Å². The molecule has 0 radical (unpaired) electrons. The second-order valence-electron chi connectivity index (χ2n) is 7.18. The standard InChI is InChI=1S/C22H22ClN3O3/c1-26-11-8-17(25-26)14-29-20-13-18(28-2)6-7-19(20)22(9-10-22)21(27)24-16-5-3-4-15(23)12-16/h3-8,11-13H,9-10,14H2,1-2H3,(H,24,27). The molecule has 1 fully saturated rings. The van der Waals surface area contributed by atoms with Crippen LogP contribution in [0.5, 0.6) is 11.5 Å². The van der Waals surface area contributed by atoms with Gasteiger partial charge in [-0.25, -0.2) is 0 Å². The number of carbonyl (C=O) groups is 1. The molecule has 1 aliphatic carbocycles. The number of anilines is 1. The third-order valence-electron chi connectivity index (χ3n) is 5.12. The summed E-state index contributed by atoms with van der Waals surface area (Å²) in [6, 6.07) is 14.6. The van der Waals surface area contributed by atoms with Crippen molar-refractivity contribution in [2.75, 3.05) is 12.4 Å². The van der Waals surface area contributed by atoms with E-state index in [0.29, 0.717) is 28.8 Å². The number of nitrogens with zero attached hydrogens (tertiary/aromatic N) is 2. The second kappa shape index (κ2) is 7.79. The molecule has 1 aromatic heterocycles. The topological polar surface area (TPSA) is 65.4 Å². The summed E-state index contributed by atoms with van der Waals surface area (Å²) >= 11 is 6.04. The van der Waals surface area contributed by atoms with E-state index in [1.165, 1.54) is 0 Å². The number of carbonyl (C=O) groups excluding carboxylic acids is 1.